The Morgan fingerprint density at radius 1 is 1.07 bits per heavy atom. The van der Waals surface area contributed by atoms with Crippen LogP contribution in [0.5, 0.6) is 17.2 Å². The first kappa shape index (κ1) is 18.5. The molecule has 0 amide bonds. The second kappa shape index (κ2) is 7.53. The van der Waals surface area contributed by atoms with Crippen molar-refractivity contribution in [3.63, 3.8) is 0 Å². The molecule has 27 heavy (non-hydrogen) atoms. The molecule has 1 aromatic heterocycles. The van der Waals surface area contributed by atoms with Gasteiger partial charge >= 0.3 is 5.97 Å². The summed E-state index contributed by atoms with van der Waals surface area (Å²) in [6.45, 7) is 5.58. The lowest BCUT2D eigenvalue weighted by atomic mass is 10.0. The van der Waals surface area contributed by atoms with Gasteiger partial charge in [0.15, 0.2) is 6.10 Å². The van der Waals surface area contributed by atoms with Crippen LogP contribution in [0.25, 0.3) is 11.0 Å². The van der Waals surface area contributed by atoms with Gasteiger partial charge in [-0.2, -0.15) is 0 Å². The van der Waals surface area contributed by atoms with Crippen molar-refractivity contribution in [1.82, 2.24) is 0 Å². The molecule has 0 bridgehead atoms. The highest BCUT2D eigenvalue weighted by molar-refractivity contribution is 5.79. The van der Waals surface area contributed by atoms with Crippen molar-refractivity contribution in [1.29, 1.82) is 0 Å². The van der Waals surface area contributed by atoms with Crippen molar-refractivity contribution in [2.75, 3.05) is 0 Å². The lowest BCUT2D eigenvalue weighted by molar-refractivity contribution is -0.144. The Kier molecular flexibility index (Phi) is 5.16. The smallest absolute Gasteiger partial charge is 0.344 e. The molecule has 1 unspecified atom stereocenters. The van der Waals surface area contributed by atoms with E-state index in [9.17, 15) is 9.59 Å². The van der Waals surface area contributed by atoms with Crippen LogP contribution in [0.3, 0.4) is 0 Å². The zero-order valence-electron chi connectivity index (χ0n) is 15.3. The summed E-state index contributed by atoms with van der Waals surface area (Å²) in [5.41, 5.74) is 1.08. The molecule has 0 aliphatic carbocycles. The van der Waals surface area contributed by atoms with Gasteiger partial charge in [0.05, 0.1) is 5.39 Å². The van der Waals surface area contributed by atoms with Crippen LogP contribution in [0, 0.1) is 0 Å². The molecule has 0 saturated carbocycles. The van der Waals surface area contributed by atoms with Gasteiger partial charge in [-0.1, -0.05) is 26.0 Å². The van der Waals surface area contributed by atoms with Gasteiger partial charge in [-0.15, -0.1) is 0 Å². The van der Waals surface area contributed by atoms with Crippen molar-refractivity contribution in [3.05, 3.63) is 64.5 Å². The van der Waals surface area contributed by atoms with Crippen LogP contribution in [0.4, 0.5) is 0 Å². The van der Waals surface area contributed by atoms with E-state index in [1.54, 1.807) is 6.07 Å². The van der Waals surface area contributed by atoms with E-state index in [4.69, 9.17) is 19.0 Å². The number of carboxylic acid groups (broad SMARTS) is 1. The van der Waals surface area contributed by atoms with E-state index in [-0.39, 0.29) is 11.2 Å². The minimum atomic E-state index is -1.08. The van der Waals surface area contributed by atoms with Gasteiger partial charge in [0.2, 0.25) is 11.2 Å². The van der Waals surface area contributed by atoms with E-state index < -0.39 is 12.1 Å². The Hall–Kier alpha value is -3.28. The molecule has 0 aliphatic rings. The number of hydrogen-bond acceptors (Lipinski definition) is 5. The molecule has 1 heterocycles. The molecule has 3 rings (SSSR count). The molecule has 0 aliphatic heterocycles. The lowest BCUT2D eigenvalue weighted by Crippen LogP contribution is -2.22. The molecular weight excluding hydrogens is 348 g/mol. The zero-order chi connectivity index (χ0) is 19.6. The molecule has 6 heteroatoms. The van der Waals surface area contributed by atoms with Gasteiger partial charge in [-0.3, -0.25) is 4.79 Å². The molecule has 0 spiro atoms. The van der Waals surface area contributed by atoms with Crippen LogP contribution in [0.1, 0.15) is 32.3 Å². The van der Waals surface area contributed by atoms with Crippen molar-refractivity contribution in [3.8, 4) is 17.2 Å². The third-order valence-electron chi connectivity index (χ3n) is 4.13. The number of carboxylic acids is 1. The minimum Gasteiger partial charge on any atom is -0.479 e. The van der Waals surface area contributed by atoms with Crippen LogP contribution in [0.2, 0.25) is 0 Å². The van der Waals surface area contributed by atoms with Gasteiger partial charge < -0.3 is 19.0 Å². The highest BCUT2D eigenvalue weighted by Gasteiger charge is 2.15. The summed E-state index contributed by atoms with van der Waals surface area (Å²) in [4.78, 5) is 23.6. The second-order valence-corrected chi connectivity index (χ2v) is 6.51. The molecule has 0 fully saturated rings. The second-order valence-electron chi connectivity index (χ2n) is 6.51. The quantitative estimate of drug-likeness (QED) is 0.686. The number of rotatable bonds is 6. The van der Waals surface area contributed by atoms with E-state index in [0.717, 1.165) is 5.56 Å². The number of fused-ring (bicyclic) bond motifs is 1. The monoisotopic (exact) mass is 368 g/mol. The predicted octanol–water partition coefficient (Wildman–Crippen LogP) is 4.56. The fourth-order valence-corrected chi connectivity index (χ4v) is 2.55. The molecule has 2 aromatic carbocycles. The summed E-state index contributed by atoms with van der Waals surface area (Å²) in [6, 6.07) is 12.1. The number of ether oxygens (including phenoxy) is 2. The topological polar surface area (TPSA) is 86.0 Å². The Morgan fingerprint density at radius 2 is 1.85 bits per heavy atom. The summed E-state index contributed by atoms with van der Waals surface area (Å²) in [5, 5.41) is 9.24. The Morgan fingerprint density at radius 3 is 2.56 bits per heavy atom. The normalized spacial score (nSPS) is 12.1. The van der Waals surface area contributed by atoms with Gasteiger partial charge in [-0.25, -0.2) is 4.79 Å². The van der Waals surface area contributed by atoms with Gasteiger partial charge in [0.25, 0.3) is 0 Å². The predicted molar refractivity (Wildman–Crippen MR) is 101 cm³/mol. The van der Waals surface area contributed by atoms with Crippen LogP contribution in [-0.2, 0) is 4.79 Å². The number of benzene rings is 2. The zero-order valence-corrected chi connectivity index (χ0v) is 15.3. The molecule has 3 aromatic rings. The maximum Gasteiger partial charge on any atom is 0.344 e. The van der Waals surface area contributed by atoms with Crippen molar-refractivity contribution < 1.29 is 23.8 Å². The fourth-order valence-electron chi connectivity index (χ4n) is 2.55. The Bertz CT molecular complexity index is 1030. The van der Waals surface area contributed by atoms with Crippen molar-refractivity contribution in [2.24, 2.45) is 0 Å². The first-order valence-corrected chi connectivity index (χ1v) is 8.58. The summed E-state index contributed by atoms with van der Waals surface area (Å²) in [7, 11) is 0. The molecule has 0 saturated heterocycles. The third kappa shape index (κ3) is 4.11. The first-order valence-electron chi connectivity index (χ1n) is 8.58. The highest BCUT2D eigenvalue weighted by Crippen LogP contribution is 2.26. The first-order chi connectivity index (χ1) is 12.8. The van der Waals surface area contributed by atoms with Crippen molar-refractivity contribution >= 4 is 16.9 Å². The molecule has 1 atom stereocenters. The number of aliphatic carboxylic acids is 1. The molecular formula is C21H20O6. The van der Waals surface area contributed by atoms with Gasteiger partial charge in [-0.05, 0) is 42.7 Å². The van der Waals surface area contributed by atoms with E-state index in [2.05, 4.69) is 13.8 Å². The average molecular weight is 368 g/mol. The van der Waals surface area contributed by atoms with Gasteiger partial charge in [0, 0.05) is 6.07 Å². The Balaban J connectivity index is 1.90. The van der Waals surface area contributed by atoms with E-state index >= 15 is 0 Å². The third-order valence-corrected chi connectivity index (χ3v) is 4.13. The standard InChI is InChI=1S/C21H20O6/c1-12(2)14-5-4-6-15(9-14)27-19-11-25-18-10-16(26-13(3)21(23)24)7-8-17(18)20(19)22/h4-13H,1-3H3,(H,23,24). The summed E-state index contributed by atoms with van der Waals surface area (Å²) < 4.78 is 16.5. The van der Waals surface area contributed by atoms with E-state index in [1.165, 1.54) is 31.4 Å². The fraction of sp³-hybridized carbons (Fsp3) is 0.238. The molecule has 0 radical (unpaired) electrons. The summed E-state index contributed by atoms with van der Waals surface area (Å²) >= 11 is 0. The SMILES string of the molecule is CC(Oc1ccc2c(=O)c(Oc3cccc(C(C)C)c3)coc2c1)C(=O)O. The molecule has 6 nitrogen and oxygen atoms in total. The minimum absolute atomic E-state index is 0.0796. The van der Waals surface area contributed by atoms with Crippen LogP contribution in [-0.4, -0.2) is 17.2 Å². The number of carbonyl (C=O) groups is 1. The average Bonchev–Trinajstić information content (AvgIpc) is 2.64. The van der Waals surface area contributed by atoms with Gasteiger partial charge in [0.1, 0.15) is 23.3 Å². The summed E-state index contributed by atoms with van der Waals surface area (Å²) in [5.74, 6) is 0.204. The molecule has 140 valence electrons. The van der Waals surface area contributed by atoms with Crippen LogP contribution >= 0.6 is 0 Å². The van der Waals surface area contributed by atoms with E-state index in [0.29, 0.717) is 28.4 Å². The van der Waals surface area contributed by atoms with E-state index in [1.807, 2.05) is 18.2 Å². The molecule has 1 N–H and O–H groups in total. The summed E-state index contributed by atoms with van der Waals surface area (Å²) in [6.07, 6.45) is 0.238. The maximum absolute atomic E-state index is 12.7. The highest BCUT2D eigenvalue weighted by atomic mass is 16.5. The Labute approximate surface area is 156 Å². The van der Waals surface area contributed by atoms with Crippen molar-refractivity contribution in [2.45, 2.75) is 32.8 Å². The largest absolute Gasteiger partial charge is 0.479 e. The maximum atomic E-state index is 12.7. The van der Waals surface area contributed by atoms with Crippen LogP contribution < -0.4 is 14.9 Å². The lowest BCUT2D eigenvalue weighted by Gasteiger charge is -2.11. The number of hydrogen-bond donors (Lipinski definition) is 1. The van der Waals surface area contributed by atoms with Crippen LogP contribution in [0.15, 0.2) is 57.9 Å².